The monoisotopic (exact) mass is 245 g/mol. The summed E-state index contributed by atoms with van der Waals surface area (Å²) >= 11 is 0. The van der Waals surface area contributed by atoms with Crippen LogP contribution in [0.5, 0.6) is 0 Å². The fourth-order valence-corrected chi connectivity index (χ4v) is 2.76. The summed E-state index contributed by atoms with van der Waals surface area (Å²) in [6, 6.07) is 8.52. The predicted octanol–water partition coefficient (Wildman–Crippen LogP) is 3.18. The Morgan fingerprint density at radius 1 is 1.39 bits per heavy atom. The van der Waals surface area contributed by atoms with Crippen molar-refractivity contribution in [1.82, 2.24) is 5.32 Å². The zero-order valence-corrected chi connectivity index (χ0v) is 10.9. The molecule has 3 nitrogen and oxygen atoms in total. The first kappa shape index (κ1) is 11.8. The van der Waals surface area contributed by atoms with Gasteiger partial charge in [-0.3, -0.25) is 0 Å². The van der Waals surface area contributed by atoms with Gasteiger partial charge in [0.05, 0.1) is 12.1 Å². The minimum atomic E-state index is 0.152. The predicted molar refractivity (Wildman–Crippen MR) is 71.7 cm³/mol. The van der Waals surface area contributed by atoms with Gasteiger partial charge in [-0.15, -0.1) is 0 Å². The zero-order valence-electron chi connectivity index (χ0n) is 10.9. The summed E-state index contributed by atoms with van der Waals surface area (Å²) in [7, 11) is 1.96. The minimum Gasteiger partial charge on any atom is -0.459 e. The first-order chi connectivity index (χ1) is 8.79. The fourth-order valence-electron chi connectivity index (χ4n) is 2.76. The van der Waals surface area contributed by atoms with Crippen molar-refractivity contribution >= 4 is 11.0 Å². The number of hydrogen-bond donors (Lipinski definition) is 1. The van der Waals surface area contributed by atoms with Crippen LogP contribution in [0.25, 0.3) is 11.0 Å². The Bertz CT molecular complexity index is 540. The van der Waals surface area contributed by atoms with E-state index < -0.39 is 0 Å². The van der Waals surface area contributed by atoms with Gasteiger partial charge >= 0.3 is 0 Å². The van der Waals surface area contributed by atoms with Gasteiger partial charge in [-0.2, -0.15) is 0 Å². The number of fused-ring (bicyclic) bond motifs is 1. The summed E-state index contributed by atoms with van der Waals surface area (Å²) in [6.07, 6.45) is 2.47. The summed E-state index contributed by atoms with van der Waals surface area (Å²) in [6.45, 7) is 2.94. The number of ether oxygens (including phenoxy) is 1. The van der Waals surface area contributed by atoms with E-state index in [9.17, 15) is 0 Å². The van der Waals surface area contributed by atoms with E-state index in [1.54, 1.807) is 0 Å². The van der Waals surface area contributed by atoms with E-state index in [4.69, 9.17) is 9.15 Å². The smallest absolute Gasteiger partial charge is 0.137 e. The van der Waals surface area contributed by atoms with Gasteiger partial charge in [0, 0.05) is 12.0 Å². The Kier molecular flexibility index (Phi) is 3.10. The van der Waals surface area contributed by atoms with E-state index in [0.29, 0.717) is 0 Å². The molecule has 1 aromatic heterocycles. The third-order valence-corrected chi connectivity index (χ3v) is 3.71. The van der Waals surface area contributed by atoms with E-state index in [0.717, 1.165) is 30.8 Å². The fraction of sp³-hybridized carbons (Fsp3) is 0.467. The number of benzene rings is 1. The molecule has 3 rings (SSSR count). The summed E-state index contributed by atoms with van der Waals surface area (Å²) < 4.78 is 11.8. The Balaban J connectivity index is 1.99. The first-order valence-electron chi connectivity index (χ1n) is 6.57. The van der Waals surface area contributed by atoms with Gasteiger partial charge in [-0.25, -0.2) is 0 Å². The van der Waals surface area contributed by atoms with E-state index in [-0.39, 0.29) is 12.1 Å². The third-order valence-electron chi connectivity index (χ3n) is 3.71. The number of rotatable bonds is 3. The van der Waals surface area contributed by atoms with Gasteiger partial charge < -0.3 is 14.5 Å². The van der Waals surface area contributed by atoms with Crippen LogP contribution in [0.15, 0.2) is 28.7 Å². The van der Waals surface area contributed by atoms with E-state index >= 15 is 0 Å². The lowest BCUT2D eigenvalue weighted by molar-refractivity contribution is 0.0744. The summed E-state index contributed by atoms with van der Waals surface area (Å²) in [5, 5.41) is 4.49. The molecule has 1 saturated heterocycles. The zero-order chi connectivity index (χ0) is 12.5. The lowest BCUT2D eigenvalue weighted by Crippen LogP contribution is -2.28. The first-order valence-corrected chi connectivity index (χ1v) is 6.57. The maximum atomic E-state index is 6.02. The van der Waals surface area contributed by atoms with Gasteiger partial charge in [0.1, 0.15) is 11.3 Å². The number of likely N-dealkylation sites (N-methyl/N-ethyl adjacent to an activating group) is 1. The Hall–Kier alpha value is -1.32. The van der Waals surface area contributed by atoms with Crippen molar-refractivity contribution < 1.29 is 9.15 Å². The molecule has 1 N–H and O–H groups in total. The second-order valence-corrected chi connectivity index (χ2v) is 4.96. The molecule has 0 aliphatic carbocycles. The SMILES string of the molecule is CNC(c1cc2cccc(C)c2o1)C1CCCO1. The molecule has 2 aromatic rings. The molecule has 2 atom stereocenters. The van der Waals surface area contributed by atoms with Gasteiger partial charge in [0.2, 0.25) is 0 Å². The highest BCUT2D eigenvalue weighted by atomic mass is 16.5. The number of para-hydroxylation sites is 1. The topological polar surface area (TPSA) is 34.4 Å². The van der Waals surface area contributed by atoms with Crippen molar-refractivity contribution in [2.45, 2.75) is 31.9 Å². The molecule has 0 spiro atoms. The molecule has 1 aromatic carbocycles. The molecule has 0 amide bonds. The molecule has 1 aliphatic rings. The van der Waals surface area contributed by atoms with Crippen LogP contribution in [-0.2, 0) is 4.74 Å². The number of furan rings is 1. The molecular weight excluding hydrogens is 226 g/mol. The van der Waals surface area contributed by atoms with Gasteiger partial charge in [-0.05, 0) is 38.4 Å². The van der Waals surface area contributed by atoms with Crippen molar-refractivity contribution in [2.24, 2.45) is 0 Å². The maximum absolute atomic E-state index is 6.02. The van der Waals surface area contributed by atoms with Crippen LogP contribution in [0.3, 0.4) is 0 Å². The molecule has 0 saturated carbocycles. The van der Waals surface area contributed by atoms with Crippen molar-refractivity contribution in [1.29, 1.82) is 0 Å². The second-order valence-electron chi connectivity index (χ2n) is 4.96. The van der Waals surface area contributed by atoms with Gasteiger partial charge in [-0.1, -0.05) is 18.2 Å². The molecule has 1 aliphatic heterocycles. The Morgan fingerprint density at radius 3 is 2.94 bits per heavy atom. The van der Waals surface area contributed by atoms with Gasteiger partial charge in [0.25, 0.3) is 0 Å². The van der Waals surface area contributed by atoms with Crippen molar-refractivity contribution in [3.8, 4) is 0 Å². The van der Waals surface area contributed by atoms with Crippen molar-refractivity contribution in [3.05, 3.63) is 35.6 Å². The molecule has 0 radical (unpaired) electrons. The number of nitrogens with one attached hydrogen (secondary N) is 1. The Labute approximate surface area is 107 Å². The molecule has 0 bridgehead atoms. The molecule has 1 fully saturated rings. The normalized spacial score (nSPS) is 21.6. The second kappa shape index (κ2) is 4.75. The van der Waals surface area contributed by atoms with E-state index in [1.807, 2.05) is 7.05 Å². The molecule has 18 heavy (non-hydrogen) atoms. The van der Waals surface area contributed by atoms with Crippen LogP contribution in [0.2, 0.25) is 0 Å². The average molecular weight is 245 g/mol. The molecule has 2 heterocycles. The summed E-state index contributed by atoms with van der Waals surface area (Å²) in [5.41, 5.74) is 2.17. The highest BCUT2D eigenvalue weighted by molar-refractivity contribution is 5.81. The minimum absolute atomic E-state index is 0.152. The van der Waals surface area contributed by atoms with Gasteiger partial charge in [0.15, 0.2) is 0 Å². The number of hydrogen-bond acceptors (Lipinski definition) is 3. The van der Waals surface area contributed by atoms with Crippen LogP contribution in [-0.4, -0.2) is 19.8 Å². The highest BCUT2D eigenvalue weighted by Gasteiger charge is 2.28. The Morgan fingerprint density at radius 2 is 2.28 bits per heavy atom. The van der Waals surface area contributed by atoms with Crippen LogP contribution < -0.4 is 5.32 Å². The van der Waals surface area contributed by atoms with Crippen molar-refractivity contribution in [3.63, 3.8) is 0 Å². The third kappa shape index (κ3) is 1.93. The molecule has 3 heteroatoms. The van der Waals surface area contributed by atoms with E-state index in [1.165, 1.54) is 10.9 Å². The van der Waals surface area contributed by atoms with Crippen LogP contribution in [0.1, 0.15) is 30.2 Å². The molecule has 96 valence electrons. The standard InChI is InChI=1S/C15H19NO2/c1-10-5-3-6-11-9-13(18-15(10)11)14(16-2)12-7-4-8-17-12/h3,5-6,9,12,14,16H,4,7-8H2,1-2H3. The van der Waals surface area contributed by atoms with Crippen LogP contribution >= 0.6 is 0 Å². The molecular formula is C15H19NO2. The lowest BCUT2D eigenvalue weighted by atomic mass is 10.1. The van der Waals surface area contributed by atoms with Crippen LogP contribution in [0, 0.1) is 6.92 Å². The largest absolute Gasteiger partial charge is 0.459 e. The van der Waals surface area contributed by atoms with E-state index in [2.05, 4.69) is 36.5 Å². The van der Waals surface area contributed by atoms with Crippen molar-refractivity contribution in [2.75, 3.05) is 13.7 Å². The summed E-state index contributed by atoms with van der Waals surface area (Å²) in [5.74, 6) is 0.980. The maximum Gasteiger partial charge on any atom is 0.137 e. The summed E-state index contributed by atoms with van der Waals surface area (Å²) in [4.78, 5) is 0. The highest BCUT2D eigenvalue weighted by Crippen LogP contribution is 2.31. The van der Waals surface area contributed by atoms with Crippen LogP contribution in [0.4, 0.5) is 0 Å². The quantitative estimate of drug-likeness (QED) is 0.901. The molecule has 2 unspecified atom stereocenters. The average Bonchev–Trinajstić information content (AvgIpc) is 3.00. The number of aryl methyl sites for hydroxylation is 1. The lowest BCUT2D eigenvalue weighted by Gasteiger charge is -2.20.